The summed E-state index contributed by atoms with van der Waals surface area (Å²) in [6, 6.07) is 13.6. The van der Waals surface area contributed by atoms with Gasteiger partial charge in [0.15, 0.2) is 0 Å². The van der Waals surface area contributed by atoms with E-state index in [-0.39, 0.29) is 19.5 Å². The number of rotatable bonds is 6. The largest absolute Gasteiger partial charge is 0.412 e. The standard InChI is InChI=1S/C21H25ClO5.C3H8O2.CH4.H2O/c1-2-12-3-5-13(6-4-12)9-15-10-14(7-8-16(15)22)21-20(26)19(25)18(24)17(11-23)27-21;1-3(5)2-4;;/h3-8,10,17-21,23-26H,2,9,11H2,1H3;3-5H,2H2,1H3;1H4;1H2/t17-,18-,19+,20-,21+;3-;;/m11../s1. The smallest absolute Gasteiger partial charge is 0.113 e. The summed E-state index contributed by atoms with van der Waals surface area (Å²) in [5, 5.41) is 56.3. The van der Waals surface area contributed by atoms with Gasteiger partial charge in [-0.05, 0) is 48.1 Å². The number of aliphatic hydroxyl groups is 6. The third-order valence-electron chi connectivity index (χ3n) is 5.38. The number of aliphatic hydroxyl groups excluding tert-OH is 6. The third kappa shape index (κ3) is 8.57. The molecule has 0 amide bonds. The number of ether oxygens (including phenoxy) is 1. The van der Waals surface area contributed by atoms with Gasteiger partial charge < -0.3 is 40.9 Å². The van der Waals surface area contributed by atoms with Crippen LogP contribution in [0.15, 0.2) is 42.5 Å². The number of hydrogen-bond donors (Lipinski definition) is 6. The van der Waals surface area contributed by atoms with Crippen LogP contribution in [0.3, 0.4) is 0 Å². The molecule has 1 aliphatic heterocycles. The molecule has 1 heterocycles. The van der Waals surface area contributed by atoms with E-state index in [0.717, 1.165) is 17.5 Å². The SMILES string of the molecule is C.CCc1ccc(Cc2cc([C@@H]3O[C@H](CO)[C@@H](O)[C@H](O)[C@H]3O)ccc2Cl)cc1.C[C@@H](O)CO.O. The predicted molar refractivity (Wildman–Crippen MR) is 132 cm³/mol. The summed E-state index contributed by atoms with van der Waals surface area (Å²) < 4.78 is 5.64. The van der Waals surface area contributed by atoms with Crippen molar-refractivity contribution in [3.05, 3.63) is 69.7 Å². The molecule has 2 aromatic carbocycles. The van der Waals surface area contributed by atoms with E-state index in [4.69, 9.17) is 26.6 Å². The highest BCUT2D eigenvalue weighted by Crippen LogP contribution is 2.34. The van der Waals surface area contributed by atoms with Crippen LogP contribution in [0.5, 0.6) is 0 Å². The Hall–Kier alpha value is -1.59. The molecule has 0 saturated carbocycles. The van der Waals surface area contributed by atoms with Crippen LogP contribution < -0.4 is 0 Å². The van der Waals surface area contributed by atoms with Crippen LogP contribution in [0.1, 0.15) is 49.6 Å². The van der Waals surface area contributed by atoms with Gasteiger partial charge in [0.05, 0.1) is 19.3 Å². The Morgan fingerprint density at radius 2 is 1.50 bits per heavy atom. The van der Waals surface area contributed by atoms with E-state index >= 15 is 0 Å². The topological polar surface area (TPSA) is 162 Å². The van der Waals surface area contributed by atoms with Crippen molar-refractivity contribution in [3.63, 3.8) is 0 Å². The Morgan fingerprint density at radius 3 is 2.00 bits per heavy atom. The summed E-state index contributed by atoms with van der Waals surface area (Å²) in [5.41, 5.74) is 3.88. The summed E-state index contributed by atoms with van der Waals surface area (Å²) in [5.74, 6) is 0. The fraction of sp³-hybridized carbons (Fsp3) is 0.520. The first kappa shape index (κ1) is 32.4. The Bertz CT molecular complexity index is 828. The maximum atomic E-state index is 10.3. The van der Waals surface area contributed by atoms with Gasteiger partial charge >= 0.3 is 0 Å². The van der Waals surface area contributed by atoms with Gasteiger partial charge in [-0.2, -0.15) is 0 Å². The lowest BCUT2D eigenvalue weighted by Crippen LogP contribution is -2.55. The number of hydrogen-bond acceptors (Lipinski definition) is 7. The average Bonchev–Trinajstić information content (AvgIpc) is 2.80. The first-order valence-corrected chi connectivity index (χ1v) is 11.0. The highest BCUT2D eigenvalue weighted by Gasteiger charge is 2.44. The molecule has 0 bridgehead atoms. The highest BCUT2D eigenvalue weighted by atomic mass is 35.5. The minimum atomic E-state index is -1.40. The molecule has 194 valence electrons. The lowest BCUT2D eigenvalue weighted by atomic mass is 9.90. The van der Waals surface area contributed by atoms with Gasteiger partial charge in [0.1, 0.15) is 30.5 Å². The Morgan fingerprint density at radius 1 is 0.941 bits per heavy atom. The molecule has 1 aliphatic rings. The summed E-state index contributed by atoms with van der Waals surface area (Å²) in [4.78, 5) is 0. The van der Waals surface area contributed by atoms with Gasteiger partial charge in [0.25, 0.3) is 0 Å². The van der Waals surface area contributed by atoms with E-state index in [9.17, 15) is 20.4 Å². The molecule has 2 aromatic rings. The molecule has 3 rings (SSSR count). The predicted octanol–water partition coefficient (Wildman–Crippen LogP) is 1.18. The van der Waals surface area contributed by atoms with Crippen molar-refractivity contribution >= 4 is 11.6 Å². The van der Waals surface area contributed by atoms with E-state index in [1.165, 1.54) is 12.5 Å². The van der Waals surface area contributed by atoms with E-state index in [2.05, 4.69) is 31.2 Å². The van der Waals surface area contributed by atoms with Crippen molar-refractivity contribution in [2.75, 3.05) is 13.2 Å². The monoisotopic (exact) mass is 502 g/mol. The number of aryl methyl sites for hydroxylation is 1. The fourth-order valence-electron chi connectivity index (χ4n) is 3.40. The van der Waals surface area contributed by atoms with Gasteiger partial charge in [-0.1, -0.05) is 62.3 Å². The van der Waals surface area contributed by atoms with E-state index in [1.807, 2.05) is 6.07 Å². The van der Waals surface area contributed by atoms with E-state index in [1.54, 1.807) is 12.1 Å². The number of halogens is 1. The zero-order valence-electron chi connectivity index (χ0n) is 18.8. The van der Waals surface area contributed by atoms with E-state index < -0.39 is 43.2 Å². The minimum Gasteiger partial charge on any atom is -0.412 e. The van der Waals surface area contributed by atoms with Crippen LogP contribution in [0, 0.1) is 0 Å². The molecule has 0 aliphatic carbocycles. The molecule has 34 heavy (non-hydrogen) atoms. The fourth-order valence-corrected chi connectivity index (χ4v) is 3.58. The first-order valence-electron chi connectivity index (χ1n) is 10.7. The molecule has 0 radical (unpaired) electrons. The van der Waals surface area contributed by atoms with E-state index in [0.29, 0.717) is 17.0 Å². The van der Waals surface area contributed by atoms with Gasteiger partial charge in [-0.3, -0.25) is 0 Å². The first-order chi connectivity index (χ1) is 15.2. The molecule has 6 atom stereocenters. The molecule has 0 aromatic heterocycles. The second-order valence-electron chi connectivity index (χ2n) is 7.98. The van der Waals surface area contributed by atoms with Crippen LogP contribution >= 0.6 is 11.6 Å². The Kier molecular flexibility index (Phi) is 14.7. The molecular formula is C25H39ClO8. The summed E-state index contributed by atoms with van der Waals surface area (Å²) in [6.07, 6.45) is -4.84. The quantitative estimate of drug-likeness (QED) is 0.345. The van der Waals surface area contributed by atoms with Crippen LogP contribution in [-0.4, -0.2) is 79.8 Å². The van der Waals surface area contributed by atoms with Crippen molar-refractivity contribution in [3.8, 4) is 0 Å². The molecule has 9 heteroatoms. The third-order valence-corrected chi connectivity index (χ3v) is 5.75. The molecule has 8 N–H and O–H groups in total. The van der Waals surface area contributed by atoms with Crippen molar-refractivity contribution in [2.24, 2.45) is 0 Å². The molecular weight excluding hydrogens is 464 g/mol. The number of benzene rings is 2. The molecule has 0 spiro atoms. The van der Waals surface area contributed by atoms with Gasteiger partial charge in [0, 0.05) is 5.02 Å². The average molecular weight is 503 g/mol. The van der Waals surface area contributed by atoms with Crippen molar-refractivity contribution in [2.45, 2.75) is 70.7 Å². The maximum absolute atomic E-state index is 10.3. The lowest BCUT2D eigenvalue weighted by Gasteiger charge is -2.40. The highest BCUT2D eigenvalue weighted by molar-refractivity contribution is 6.31. The van der Waals surface area contributed by atoms with Crippen LogP contribution in [0.4, 0.5) is 0 Å². The molecule has 1 saturated heterocycles. The Labute approximate surface area is 206 Å². The molecule has 8 nitrogen and oxygen atoms in total. The molecule has 1 fully saturated rings. The van der Waals surface area contributed by atoms with Crippen LogP contribution in [-0.2, 0) is 17.6 Å². The molecule has 0 unspecified atom stereocenters. The summed E-state index contributed by atoms with van der Waals surface area (Å²) in [7, 11) is 0. The zero-order chi connectivity index (χ0) is 23.8. The minimum absolute atomic E-state index is 0. The van der Waals surface area contributed by atoms with Crippen molar-refractivity contribution < 1.29 is 40.9 Å². The summed E-state index contributed by atoms with van der Waals surface area (Å²) >= 11 is 6.36. The lowest BCUT2D eigenvalue weighted by molar-refractivity contribution is -0.231. The van der Waals surface area contributed by atoms with Crippen molar-refractivity contribution in [1.82, 2.24) is 0 Å². The second-order valence-corrected chi connectivity index (χ2v) is 8.39. The van der Waals surface area contributed by atoms with Gasteiger partial charge in [0.2, 0.25) is 0 Å². The van der Waals surface area contributed by atoms with Gasteiger partial charge in [-0.25, -0.2) is 0 Å². The summed E-state index contributed by atoms with van der Waals surface area (Å²) in [6.45, 7) is 3.04. The van der Waals surface area contributed by atoms with Crippen molar-refractivity contribution in [1.29, 1.82) is 0 Å². The van der Waals surface area contributed by atoms with Crippen LogP contribution in [0.25, 0.3) is 0 Å². The maximum Gasteiger partial charge on any atom is 0.113 e. The Balaban J connectivity index is 0.00000141. The second kappa shape index (κ2) is 15.4. The van der Waals surface area contributed by atoms with Gasteiger partial charge in [-0.15, -0.1) is 0 Å². The normalized spacial score (nSPS) is 24.7. The van der Waals surface area contributed by atoms with Crippen LogP contribution in [0.2, 0.25) is 5.02 Å². The zero-order valence-corrected chi connectivity index (χ0v) is 19.6.